The molecule has 0 saturated carbocycles. The number of ether oxygens (including phenoxy) is 1. The first-order chi connectivity index (χ1) is 7.95. The van der Waals surface area contributed by atoms with Crippen molar-refractivity contribution in [2.24, 2.45) is 5.92 Å². The number of carbonyl (C=O) groups is 1. The highest BCUT2D eigenvalue weighted by atomic mass is 19.3. The van der Waals surface area contributed by atoms with Gasteiger partial charge in [0.25, 0.3) is 6.43 Å². The van der Waals surface area contributed by atoms with E-state index in [1.54, 1.807) is 0 Å². The molecule has 0 saturated heterocycles. The predicted molar refractivity (Wildman–Crippen MR) is 58.5 cm³/mol. The minimum absolute atomic E-state index is 0.126. The number of alkyl halides is 2. The molecule has 0 spiro atoms. The first kappa shape index (κ1) is 13.4. The molecule has 94 valence electrons. The molecule has 3 nitrogen and oxygen atoms in total. The van der Waals surface area contributed by atoms with E-state index < -0.39 is 18.3 Å². The van der Waals surface area contributed by atoms with Gasteiger partial charge >= 0.3 is 5.97 Å². The zero-order valence-corrected chi connectivity index (χ0v) is 9.61. The maximum atomic E-state index is 12.5. The third-order valence-corrected chi connectivity index (χ3v) is 2.50. The molecule has 0 radical (unpaired) electrons. The third-order valence-electron chi connectivity index (χ3n) is 2.50. The predicted octanol–water partition coefficient (Wildman–Crippen LogP) is 2.90. The van der Waals surface area contributed by atoms with Crippen molar-refractivity contribution >= 4 is 5.97 Å². The zero-order valence-electron chi connectivity index (χ0n) is 9.61. The van der Waals surface area contributed by atoms with E-state index >= 15 is 0 Å². The number of carboxylic acid groups (broad SMARTS) is 1. The first-order valence-electron chi connectivity index (χ1n) is 5.13. The Labute approximate surface area is 98.0 Å². The molecule has 0 aliphatic carbocycles. The average molecular weight is 244 g/mol. The van der Waals surface area contributed by atoms with Crippen molar-refractivity contribution in [1.82, 2.24) is 0 Å². The first-order valence-corrected chi connectivity index (χ1v) is 5.13. The number of rotatable bonds is 5. The van der Waals surface area contributed by atoms with Crippen LogP contribution in [0, 0.1) is 5.92 Å². The molecule has 17 heavy (non-hydrogen) atoms. The molecule has 0 aromatic heterocycles. The van der Waals surface area contributed by atoms with Crippen molar-refractivity contribution < 1.29 is 23.4 Å². The number of carboxylic acids is 1. The van der Waals surface area contributed by atoms with Gasteiger partial charge in [-0.05, 0) is 30.2 Å². The monoisotopic (exact) mass is 244 g/mol. The van der Waals surface area contributed by atoms with Gasteiger partial charge in [0.15, 0.2) is 0 Å². The number of hydrogen-bond donors (Lipinski definition) is 1. The van der Waals surface area contributed by atoms with Gasteiger partial charge in [-0.2, -0.15) is 0 Å². The summed E-state index contributed by atoms with van der Waals surface area (Å²) >= 11 is 0. The summed E-state index contributed by atoms with van der Waals surface area (Å²) in [6, 6.07) is 4.01. The molecule has 0 amide bonds. The van der Waals surface area contributed by atoms with Crippen LogP contribution in [-0.2, 0) is 11.2 Å². The Bertz CT molecular complexity index is 405. The van der Waals surface area contributed by atoms with Gasteiger partial charge in [-0.1, -0.05) is 6.92 Å². The number of halogens is 2. The lowest BCUT2D eigenvalue weighted by atomic mass is 9.99. The third kappa shape index (κ3) is 3.41. The molecule has 0 aliphatic rings. The van der Waals surface area contributed by atoms with Gasteiger partial charge < -0.3 is 9.84 Å². The molecule has 1 atom stereocenters. The summed E-state index contributed by atoms with van der Waals surface area (Å²) in [4.78, 5) is 10.7. The van der Waals surface area contributed by atoms with Crippen LogP contribution in [0.5, 0.6) is 5.75 Å². The molecule has 1 unspecified atom stereocenters. The Hall–Kier alpha value is -1.65. The molecular weight excluding hydrogens is 230 g/mol. The van der Waals surface area contributed by atoms with Gasteiger partial charge in [-0.3, -0.25) is 4.79 Å². The van der Waals surface area contributed by atoms with Gasteiger partial charge in [0.05, 0.1) is 13.0 Å². The number of hydrogen-bond acceptors (Lipinski definition) is 2. The Morgan fingerprint density at radius 3 is 2.59 bits per heavy atom. The molecule has 5 heteroatoms. The number of methoxy groups -OCH3 is 1. The topological polar surface area (TPSA) is 46.5 Å². The normalized spacial score (nSPS) is 12.5. The van der Waals surface area contributed by atoms with Crippen molar-refractivity contribution in [3.05, 3.63) is 29.3 Å². The molecule has 0 bridgehead atoms. The van der Waals surface area contributed by atoms with Crippen LogP contribution in [0.2, 0.25) is 0 Å². The van der Waals surface area contributed by atoms with E-state index in [0.717, 1.165) is 0 Å². The zero-order chi connectivity index (χ0) is 13.0. The van der Waals surface area contributed by atoms with Crippen LogP contribution in [0.15, 0.2) is 18.2 Å². The second-order valence-corrected chi connectivity index (χ2v) is 3.82. The minimum atomic E-state index is -2.57. The van der Waals surface area contributed by atoms with Crippen LogP contribution < -0.4 is 4.74 Å². The Kier molecular flexibility index (Phi) is 4.43. The summed E-state index contributed by atoms with van der Waals surface area (Å²) in [6.45, 7) is 1.52. The van der Waals surface area contributed by atoms with Crippen molar-refractivity contribution in [1.29, 1.82) is 0 Å². The van der Waals surface area contributed by atoms with Crippen LogP contribution in [0.1, 0.15) is 24.5 Å². The summed E-state index contributed by atoms with van der Waals surface area (Å²) in [6.07, 6.45) is -2.40. The van der Waals surface area contributed by atoms with E-state index in [9.17, 15) is 13.6 Å². The second-order valence-electron chi connectivity index (χ2n) is 3.82. The average Bonchev–Trinajstić information content (AvgIpc) is 2.28. The molecule has 1 rings (SSSR count). The van der Waals surface area contributed by atoms with Crippen molar-refractivity contribution in [2.45, 2.75) is 19.8 Å². The fourth-order valence-electron chi connectivity index (χ4n) is 1.51. The lowest BCUT2D eigenvalue weighted by Gasteiger charge is -2.12. The second kappa shape index (κ2) is 5.61. The van der Waals surface area contributed by atoms with E-state index in [0.29, 0.717) is 11.3 Å². The van der Waals surface area contributed by atoms with Crippen LogP contribution in [0.3, 0.4) is 0 Å². The fourth-order valence-corrected chi connectivity index (χ4v) is 1.51. The Morgan fingerprint density at radius 1 is 1.47 bits per heavy atom. The van der Waals surface area contributed by atoms with Gasteiger partial charge in [0.1, 0.15) is 5.75 Å². The maximum absolute atomic E-state index is 12.5. The number of benzene rings is 1. The van der Waals surface area contributed by atoms with Crippen LogP contribution in [0.4, 0.5) is 8.78 Å². The van der Waals surface area contributed by atoms with E-state index in [4.69, 9.17) is 9.84 Å². The Morgan fingerprint density at radius 2 is 2.12 bits per heavy atom. The minimum Gasteiger partial charge on any atom is -0.496 e. The fraction of sp³-hybridized carbons (Fsp3) is 0.417. The molecule has 0 heterocycles. The molecule has 1 aromatic rings. The largest absolute Gasteiger partial charge is 0.496 e. The molecule has 1 N–H and O–H groups in total. The van der Waals surface area contributed by atoms with E-state index in [1.165, 1.54) is 32.2 Å². The highest BCUT2D eigenvalue weighted by molar-refractivity contribution is 5.70. The molecule has 1 aromatic carbocycles. The highest BCUT2D eigenvalue weighted by Gasteiger charge is 2.17. The number of aliphatic carboxylic acids is 1. The van der Waals surface area contributed by atoms with Gasteiger partial charge in [-0.25, -0.2) is 8.78 Å². The van der Waals surface area contributed by atoms with Crippen LogP contribution >= 0.6 is 0 Å². The van der Waals surface area contributed by atoms with Crippen molar-refractivity contribution in [3.63, 3.8) is 0 Å². The highest BCUT2D eigenvalue weighted by Crippen LogP contribution is 2.27. The van der Waals surface area contributed by atoms with E-state index in [1.807, 2.05) is 0 Å². The van der Waals surface area contributed by atoms with Gasteiger partial charge in [0.2, 0.25) is 0 Å². The smallest absolute Gasteiger partial charge is 0.306 e. The summed E-state index contributed by atoms with van der Waals surface area (Å²) < 4.78 is 30.1. The van der Waals surface area contributed by atoms with Crippen LogP contribution in [-0.4, -0.2) is 18.2 Å². The van der Waals surface area contributed by atoms with Gasteiger partial charge in [-0.15, -0.1) is 0 Å². The standard InChI is InChI=1S/C12H14F2O3/c1-7(12(15)16)5-9-6-8(11(13)14)3-4-10(9)17-2/h3-4,6-7,11H,5H2,1-2H3,(H,15,16). The SMILES string of the molecule is COc1ccc(C(F)F)cc1CC(C)C(=O)O. The maximum Gasteiger partial charge on any atom is 0.306 e. The Balaban J connectivity index is 3.01. The summed E-state index contributed by atoms with van der Waals surface area (Å²) in [7, 11) is 1.42. The summed E-state index contributed by atoms with van der Waals surface area (Å²) in [5.74, 6) is -1.17. The lowest BCUT2D eigenvalue weighted by molar-refractivity contribution is -0.141. The molecule has 0 fully saturated rings. The van der Waals surface area contributed by atoms with Gasteiger partial charge in [0, 0.05) is 5.56 Å². The summed E-state index contributed by atoms with van der Waals surface area (Å²) in [5.41, 5.74) is 0.360. The van der Waals surface area contributed by atoms with Crippen molar-refractivity contribution in [2.75, 3.05) is 7.11 Å². The van der Waals surface area contributed by atoms with E-state index in [2.05, 4.69) is 0 Å². The molecule has 0 aliphatic heterocycles. The van der Waals surface area contributed by atoms with Crippen LogP contribution in [0.25, 0.3) is 0 Å². The summed E-state index contributed by atoms with van der Waals surface area (Å²) in [5, 5.41) is 8.80. The molecular formula is C12H14F2O3. The quantitative estimate of drug-likeness (QED) is 0.866. The van der Waals surface area contributed by atoms with E-state index in [-0.39, 0.29) is 12.0 Å². The lowest BCUT2D eigenvalue weighted by Crippen LogP contribution is -2.13. The van der Waals surface area contributed by atoms with Crippen molar-refractivity contribution in [3.8, 4) is 5.75 Å².